The molecule has 1 fully saturated rings. The summed E-state index contributed by atoms with van der Waals surface area (Å²) >= 11 is 0.935. The highest BCUT2D eigenvalue weighted by molar-refractivity contribution is 8.18. The molecule has 4 rings (SSSR count). The third kappa shape index (κ3) is 4.02. The Balaban J connectivity index is 1.62. The summed E-state index contributed by atoms with van der Waals surface area (Å²) in [5.41, 5.74) is 4.32. The van der Waals surface area contributed by atoms with Crippen LogP contribution in [-0.2, 0) is 11.3 Å². The molecule has 2 heterocycles. The number of nitrogens with zero attached hydrogens (tertiary/aromatic N) is 3. The topological polar surface area (TPSA) is 85.5 Å². The summed E-state index contributed by atoms with van der Waals surface area (Å²) in [5.74, 6) is -0.306. The summed E-state index contributed by atoms with van der Waals surface area (Å²) in [4.78, 5) is 37.4. The molecule has 0 N–H and O–H groups in total. The zero-order chi connectivity index (χ0) is 22.1. The van der Waals surface area contributed by atoms with Crippen molar-refractivity contribution in [2.75, 3.05) is 0 Å². The second-order valence-corrected chi connectivity index (χ2v) is 8.18. The maximum absolute atomic E-state index is 12.8. The summed E-state index contributed by atoms with van der Waals surface area (Å²) in [6.07, 6.45) is 1.74. The monoisotopic (exact) mass is 433 g/mol. The SMILES string of the molecule is Cc1cc(/C=C2\SC(=O)N(Cc3ccccc3)C2=O)c(C)n1-c1ccc([N+](=O)[O-])cc1. The van der Waals surface area contributed by atoms with Gasteiger partial charge in [-0.2, -0.15) is 0 Å². The van der Waals surface area contributed by atoms with Gasteiger partial charge in [-0.3, -0.25) is 24.6 Å². The Labute approximate surface area is 183 Å². The Hall–Kier alpha value is -3.65. The lowest BCUT2D eigenvalue weighted by Crippen LogP contribution is -2.27. The minimum absolute atomic E-state index is 0.0264. The van der Waals surface area contributed by atoms with Crippen molar-refractivity contribution < 1.29 is 14.5 Å². The molecule has 2 aromatic carbocycles. The molecule has 1 saturated heterocycles. The molecular formula is C23H19N3O4S. The van der Waals surface area contributed by atoms with Crippen LogP contribution in [-0.4, -0.2) is 25.5 Å². The summed E-state index contributed by atoms with van der Waals surface area (Å²) in [6.45, 7) is 4.08. The fraction of sp³-hybridized carbons (Fsp3) is 0.130. The predicted molar refractivity (Wildman–Crippen MR) is 120 cm³/mol. The van der Waals surface area contributed by atoms with Gasteiger partial charge in [-0.15, -0.1) is 0 Å². The molecule has 0 spiro atoms. The predicted octanol–water partition coefficient (Wildman–Crippen LogP) is 5.24. The fourth-order valence-corrected chi connectivity index (χ4v) is 4.43. The Morgan fingerprint density at radius 2 is 1.71 bits per heavy atom. The van der Waals surface area contributed by atoms with Crippen LogP contribution in [0.4, 0.5) is 10.5 Å². The Morgan fingerprint density at radius 3 is 2.35 bits per heavy atom. The van der Waals surface area contributed by atoms with E-state index in [4.69, 9.17) is 0 Å². The highest BCUT2D eigenvalue weighted by Crippen LogP contribution is 2.34. The van der Waals surface area contributed by atoms with E-state index in [0.717, 1.165) is 40.0 Å². The number of hydrogen-bond acceptors (Lipinski definition) is 5. The lowest BCUT2D eigenvalue weighted by atomic mass is 10.2. The van der Waals surface area contributed by atoms with Gasteiger partial charge in [0, 0.05) is 29.2 Å². The van der Waals surface area contributed by atoms with Crippen LogP contribution in [0.3, 0.4) is 0 Å². The lowest BCUT2D eigenvalue weighted by molar-refractivity contribution is -0.384. The largest absolute Gasteiger partial charge is 0.318 e. The first-order valence-corrected chi connectivity index (χ1v) is 10.4. The van der Waals surface area contributed by atoms with Gasteiger partial charge in [-0.1, -0.05) is 30.3 Å². The smallest absolute Gasteiger partial charge is 0.293 e. The van der Waals surface area contributed by atoms with Crippen LogP contribution in [0.5, 0.6) is 0 Å². The highest BCUT2D eigenvalue weighted by Gasteiger charge is 2.35. The fourth-order valence-electron chi connectivity index (χ4n) is 3.60. The highest BCUT2D eigenvalue weighted by atomic mass is 32.2. The summed E-state index contributed by atoms with van der Waals surface area (Å²) in [6, 6.07) is 17.6. The number of non-ortho nitro benzene ring substituents is 1. The maximum Gasteiger partial charge on any atom is 0.293 e. The Bertz CT molecular complexity index is 1210. The molecule has 2 amide bonds. The van der Waals surface area contributed by atoms with Crippen LogP contribution in [0.2, 0.25) is 0 Å². The van der Waals surface area contributed by atoms with Gasteiger partial charge in [0.1, 0.15) is 0 Å². The second kappa shape index (κ2) is 8.23. The molecule has 0 unspecified atom stereocenters. The first-order valence-electron chi connectivity index (χ1n) is 9.58. The number of carbonyl (C=O) groups excluding carboxylic acids is 2. The molecular weight excluding hydrogens is 414 g/mol. The third-order valence-electron chi connectivity index (χ3n) is 5.13. The molecule has 0 radical (unpaired) electrons. The molecule has 156 valence electrons. The van der Waals surface area contributed by atoms with Gasteiger partial charge in [-0.25, -0.2) is 0 Å². The minimum Gasteiger partial charge on any atom is -0.318 e. The Morgan fingerprint density at radius 1 is 1.03 bits per heavy atom. The number of aryl methyl sites for hydroxylation is 1. The average molecular weight is 433 g/mol. The van der Waals surface area contributed by atoms with Gasteiger partial charge >= 0.3 is 0 Å². The van der Waals surface area contributed by atoms with Gasteiger partial charge in [-0.05, 0) is 61.0 Å². The molecule has 8 heteroatoms. The molecule has 1 aromatic heterocycles. The molecule has 7 nitrogen and oxygen atoms in total. The third-order valence-corrected chi connectivity index (χ3v) is 6.04. The van der Waals surface area contributed by atoms with Gasteiger partial charge < -0.3 is 4.57 Å². The zero-order valence-electron chi connectivity index (χ0n) is 16.9. The molecule has 31 heavy (non-hydrogen) atoms. The van der Waals surface area contributed by atoms with Crippen molar-refractivity contribution in [3.05, 3.63) is 98.2 Å². The van der Waals surface area contributed by atoms with Crippen LogP contribution in [0, 0.1) is 24.0 Å². The summed E-state index contributed by atoms with van der Waals surface area (Å²) < 4.78 is 1.96. The summed E-state index contributed by atoms with van der Waals surface area (Å²) in [7, 11) is 0. The number of benzene rings is 2. The van der Waals surface area contributed by atoms with Crippen molar-refractivity contribution in [3.8, 4) is 5.69 Å². The number of thioether (sulfide) groups is 1. The molecule has 3 aromatic rings. The van der Waals surface area contributed by atoms with Crippen LogP contribution in [0.25, 0.3) is 11.8 Å². The normalized spacial score (nSPS) is 15.2. The van der Waals surface area contributed by atoms with Gasteiger partial charge in [0.05, 0.1) is 16.4 Å². The van der Waals surface area contributed by atoms with Crippen LogP contribution < -0.4 is 0 Å². The molecule has 0 saturated carbocycles. The van der Waals surface area contributed by atoms with E-state index in [0.29, 0.717) is 4.91 Å². The van der Waals surface area contributed by atoms with Gasteiger partial charge in [0.25, 0.3) is 16.8 Å². The van der Waals surface area contributed by atoms with Crippen molar-refractivity contribution in [1.29, 1.82) is 0 Å². The lowest BCUT2D eigenvalue weighted by Gasteiger charge is -2.12. The van der Waals surface area contributed by atoms with E-state index in [-0.39, 0.29) is 23.4 Å². The Kier molecular flexibility index (Phi) is 5.48. The van der Waals surface area contributed by atoms with Crippen molar-refractivity contribution >= 4 is 34.7 Å². The molecule has 0 atom stereocenters. The minimum atomic E-state index is -0.434. The van der Waals surface area contributed by atoms with E-state index in [1.165, 1.54) is 17.0 Å². The van der Waals surface area contributed by atoms with Crippen molar-refractivity contribution in [3.63, 3.8) is 0 Å². The maximum atomic E-state index is 12.8. The molecule has 0 bridgehead atoms. The molecule has 1 aliphatic rings. The van der Waals surface area contributed by atoms with E-state index >= 15 is 0 Å². The van der Waals surface area contributed by atoms with Crippen molar-refractivity contribution in [2.45, 2.75) is 20.4 Å². The molecule has 1 aliphatic heterocycles. The van der Waals surface area contributed by atoms with Gasteiger partial charge in [0.15, 0.2) is 0 Å². The van der Waals surface area contributed by atoms with Gasteiger partial charge in [0.2, 0.25) is 0 Å². The number of aromatic nitrogens is 1. The number of nitro benzene ring substituents is 1. The van der Waals surface area contributed by atoms with Crippen molar-refractivity contribution in [1.82, 2.24) is 9.47 Å². The standard InChI is InChI=1S/C23H19N3O4S/c1-15-12-18(16(2)25(15)19-8-10-20(11-9-19)26(29)30)13-21-22(27)24(23(28)31-21)14-17-6-4-3-5-7-17/h3-13H,14H2,1-2H3/b21-13-. The van der Waals surface area contributed by atoms with Crippen LogP contribution in [0.1, 0.15) is 22.5 Å². The van der Waals surface area contributed by atoms with Crippen LogP contribution >= 0.6 is 11.8 Å². The zero-order valence-corrected chi connectivity index (χ0v) is 17.8. The summed E-state index contributed by atoms with van der Waals surface area (Å²) in [5, 5.41) is 10.6. The number of amides is 2. The molecule has 0 aliphatic carbocycles. The first kappa shape index (κ1) is 20.6. The van der Waals surface area contributed by atoms with E-state index in [1.807, 2.05) is 54.8 Å². The van der Waals surface area contributed by atoms with Crippen molar-refractivity contribution in [2.24, 2.45) is 0 Å². The van der Waals surface area contributed by atoms with Crippen LogP contribution in [0.15, 0.2) is 65.6 Å². The quantitative estimate of drug-likeness (QED) is 0.312. The van der Waals surface area contributed by atoms with E-state index in [2.05, 4.69) is 0 Å². The van der Waals surface area contributed by atoms with E-state index in [9.17, 15) is 19.7 Å². The van der Waals surface area contributed by atoms with E-state index < -0.39 is 4.92 Å². The number of carbonyl (C=O) groups is 2. The number of nitro groups is 1. The number of rotatable bonds is 5. The average Bonchev–Trinajstić information content (AvgIpc) is 3.18. The first-order chi connectivity index (χ1) is 14.8. The number of hydrogen-bond donors (Lipinski definition) is 0. The number of imide groups is 1. The van der Waals surface area contributed by atoms with E-state index in [1.54, 1.807) is 18.2 Å². The second-order valence-electron chi connectivity index (χ2n) is 7.19.